The fraction of sp³-hybridized carbons (Fsp3) is 0. The molecule has 0 N–H and O–H groups in total. The van der Waals surface area contributed by atoms with Gasteiger partial charge in [0.2, 0.25) is 0 Å². The molecule has 0 aromatic heterocycles. The van der Waals surface area contributed by atoms with Crippen LogP contribution in [0.2, 0.25) is 0 Å². The Bertz CT molecular complexity index is 3240. The smallest absolute Gasteiger partial charge is 0.00262 e. The maximum atomic E-state index is 2.40. The van der Waals surface area contributed by atoms with E-state index in [1.807, 2.05) is 0 Å². The van der Waals surface area contributed by atoms with Crippen LogP contribution in [-0.4, -0.2) is 0 Å². The third-order valence-corrected chi connectivity index (χ3v) is 11.6. The van der Waals surface area contributed by atoms with E-state index in [-0.39, 0.29) is 0 Å². The SMILES string of the molecule is c1ccc(-c2c(-c3cccc(-c4c5ccccc5c(-c5ccc6cc(-c7ccc8ccccc8c7)ccc6c5)c5ccccc45)c3)ccc3ccccc23)cc1. The largest absolute Gasteiger partial charge is 0.0622 e. The monoisotopic (exact) mass is 708 g/mol. The first-order chi connectivity index (χ1) is 27.8. The highest BCUT2D eigenvalue weighted by Gasteiger charge is 2.18. The van der Waals surface area contributed by atoms with Crippen LogP contribution in [-0.2, 0) is 0 Å². The van der Waals surface area contributed by atoms with Gasteiger partial charge >= 0.3 is 0 Å². The third kappa shape index (κ3) is 5.38. The van der Waals surface area contributed by atoms with Crippen LogP contribution in [0.1, 0.15) is 0 Å². The van der Waals surface area contributed by atoms with Crippen molar-refractivity contribution in [2.45, 2.75) is 0 Å². The molecule has 11 aromatic carbocycles. The summed E-state index contributed by atoms with van der Waals surface area (Å²) in [5, 5.41) is 12.6. The number of benzene rings is 11. The summed E-state index contributed by atoms with van der Waals surface area (Å²) >= 11 is 0. The molecule has 0 aliphatic rings. The van der Waals surface area contributed by atoms with Gasteiger partial charge in [0.1, 0.15) is 0 Å². The molecule has 0 aliphatic carbocycles. The van der Waals surface area contributed by atoms with Gasteiger partial charge in [-0.05, 0) is 134 Å². The molecule has 0 saturated heterocycles. The molecule has 0 amide bonds. The van der Waals surface area contributed by atoms with Crippen molar-refractivity contribution >= 4 is 53.9 Å². The molecule has 0 aliphatic heterocycles. The van der Waals surface area contributed by atoms with Crippen LogP contribution in [0.5, 0.6) is 0 Å². The fourth-order valence-corrected chi connectivity index (χ4v) is 8.97. The van der Waals surface area contributed by atoms with E-state index < -0.39 is 0 Å². The average Bonchev–Trinajstić information content (AvgIpc) is 3.27. The first kappa shape index (κ1) is 32.2. The topological polar surface area (TPSA) is 0 Å². The lowest BCUT2D eigenvalue weighted by Crippen LogP contribution is -1.92. The lowest BCUT2D eigenvalue weighted by atomic mass is 9.84. The summed E-state index contributed by atoms with van der Waals surface area (Å²) in [6, 6.07) is 80.4. The molecule has 11 aromatic rings. The number of hydrogen-bond acceptors (Lipinski definition) is 0. The normalized spacial score (nSPS) is 11.6. The minimum Gasteiger partial charge on any atom is -0.0622 e. The molecule has 0 heteroatoms. The standard InChI is InChI=1S/C56H36/c1-2-15-39(16-3-1)54-48-20-7-6-14-38(48)31-32-49(54)45-18-12-19-46(36-45)55-50-21-8-10-23-52(50)56(53-24-11-9-22-51(53)55)47-30-29-43-34-42(27-28-44(43)35-47)41-26-25-37-13-4-5-17-40(37)33-41/h1-36H. The van der Waals surface area contributed by atoms with Gasteiger partial charge in [-0.25, -0.2) is 0 Å². The van der Waals surface area contributed by atoms with Crippen molar-refractivity contribution in [1.82, 2.24) is 0 Å². The van der Waals surface area contributed by atoms with Gasteiger partial charge in [-0.15, -0.1) is 0 Å². The first-order valence-electron chi connectivity index (χ1n) is 19.4. The Kier molecular flexibility index (Phi) is 7.60. The number of fused-ring (bicyclic) bond motifs is 5. The predicted molar refractivity (Wildman–Crippen MR) is 241 cm³/mol. The van der Waals surface area contributed by atoms with Crippen molar-refractivity contribution < 1.29 is 0 Å². The zero-order chi connectivity index (χ0) is 37.0. The zero-order valence-electron chi connectivity index (χ0n) is 30.8. The van der Waals surface area contributed by atoms with Crippen molar-refractivity contribution in [2.75, 3.05) is 0 Å². The minimum atomic E-state index is 1.21. The van der Waals surface area contributed by atoms with Gasteiger partial charge in [0.25, 0.3) is 0 Å². The molecular weight excluding hydrogens is 673 g/mol. The van der Waals surface area contributed by atoms with Gasteiger partial charge in [0.15, 0.2) is 0 Å². The number of rotatable bonds is 5. The average molecular weight is 709 g/mol. The summed E-state index contributed by atoms with van der Waals surface area (Å²) in [5.41, 5.74) is 12.4. The molecule has 0 atom stereocenters. The van der Waals surface area contributed by atoms with E-state index in [9.17, 15) is 0 Å². The summed E-state index contributed by atoms with van der Waals surface area (Å²) in [7, 11) is 0. The van der Waals surface area contributed by atoms with E-state index in [1.165, 1.54) is 109 Å². The second-order valence-electron chi connectivity index (χ2n) is 14.8. The van der Waals surface area contributed by atoms with Crippen molar-refractivity contribution in [3.8, 4) is 55.6 Å². The van der Waals surface area contributed by atoms with Gasteiger partial charge in [-0.1, -0.05) is 194 Å². The van der Waals surface area contributed by atoms with E-state index in [2.05, 4.69) is 218 Å². The van der Waals surface area contributed by atoms with Crippen LogP contribution in [0.15, 0.2) is 218 Å². The quantitative estimate of drug-likeness (QED) is 0.156. The Morgan fingerprint density at radius 3 is 1.23 bits per heavy atom. The summed E-state index contributed by atoms with van der Waals surface area (Å²) in [5.74, 6) is 0. The molecule has 56 heavy (non-hydrogen) atoms. The Hall–Kier alpha value is -7.28. The van der Waals surface area contributed by atoms with E-state index in [0.717, 1.165) is 0 Å². The van der Waals surface area contributed by atoms with Gasteiger partial charge in [-0.2, -0.15) is 0 Å². The second kappa shape index (κ2) is 13.2. The van der Waals surface area contributed by atoms with Crippen molar-refractivity contribution in [1.29, 1.82) is 0 Å². The van der Waals surface area contributed by atoms with Gasteiger partial charge in [-0.3, -0.25) is 0 Å². The van der Waals surface area contributed by atoms with Crippen LogP contribution in [0, 0.1) is 0 Å². The van der Waals surface area contributed by atoms with Crippen molar-refractivity contribution in [3.63, 3.8) is 0 Å². The van der Waals surface area contributed by atoms with Crippen molar-refractivity contribution in [3.05, 3.63) is 218 Å². The highest BCUT2D eigenvalue weighted by Crippen LogP contribution is 2.46. The lowest BCUT2D eigenvalue weighted by molar-refractivity contribution is 1.60. The third-order valence-electron chi connectivity index (χ3n) is 11.6. The van der Waals surface area contributed by atoms with E-state index >= 15 is 0 Å². The van der Waals surface area contributed by atoms with E-state index in [0.29, 0.717) is 0 Å². The highest BCUT2D eigenvalue weighted by atomic mass is 14.2. The Morgan fingerprint density at radius 2 is 0.589 bits per heavy atom. The highest BCUT2D eigenvalue weighted by molar-refractivity contribution is 6.22. The van der Waals surface area contributed by atoms with Crippen molar-refractivity contribution in [2.24, 2.45) is 0 Å². The summed E-state index contributed by atoms with van der Waals surface area (Å²) < 4.78 is 0. The summed E-state index contributed by atoms with van der Waals surface area (Å²) in [4.78, 5) is 0. The van der Waals surface area contributed by atoms with E-state index in [1.54, 1.807) is 0 Å². The molecule has 0 saturated carbocycles. The van der Waals surface area contributed by atoms with Gasteiger partial charge in [0.05, 0.1) is 0 Å². The molecule has 260 valence electrons. The second-order valence-corrected chi connectivity index (χ2v) is 14.8. The van der Waals surface area contributed by atoms with E-state index in [4.69, 9.17) is 0 Å². The maximum Gasteiger partial charge on any atom is -0.00262 e. The molecule has 0 bridgehead atoms. The van der Waals surface area contributed by atoms with Gasteiger partial charge < -0.3 is 0 Å². The molecule has 0 unspecified atom stereocenters. The van der Waals surface area contributed by atoms with Crippen LogP contribution < -0.4 is 0 Å². The minimum absolute atomic E-state index is 1.21. The predicted octanol–water partition coefficient (Wildman–Crippen LogP) is 15.8. The Balaban J connectivity index is 1.07. The molecule has 0 fully saturated rings. The zero-order valence-corrected chi connectivity index (χ0v) is 30.8. The van der Waals surface area contributed by atoms with Gasteiger partial charge in [0, 0.05) is 0 Å². The first-order valence-corrected chi connectivity index (χ1v) is 19.4. The molecule has 11 rings (SSSR count). The fourth-order valence-electron chi connectivity index (χ4n) is 8.97. The van der Waals surface area contributed by atoms with Crippen LogP contribution in [0.3, 0.4) is 0 Å². The van der Waals surface area contributed by atoms with Crippen LogP contribution in [0.25, 0.3) is 109 Å². The van der Waals surface area contributed by atoms with Crippen LogP contribution in [0.4, 0.5) is 0 Å². The summed E-state index contributed by atoms with van der Waals surface area (Å²) in [6.45, 7) is 0. The molecule has 0 radical (unpaired) electrons. The molecule has 0 nitrogen and oxygen atoms in total. The molecule has 0 heterocycles. The summed E-state index contributed by atoms with van der Waals surface area (Å²) in [6.07, 6.45) is 0. The molecule has 0 spiro atoms. The Labute approximate surface area is 326 Å². The lowest BCUT2D eigenvalue weighted by Gasteiger charge is -2.19. The van der Waals surface area contributed by atoms with Crippen LogP contribution >= 0.6 is 0 Å². The molecular formula is C56H36. The Morgan fingerprint density at radius 1 is 0.179 bits per heavy atom. The number of hydrogen-bond donors (Lipinski definition) is 0. The maximum absolute atomic E-state index is 2.40.